The topological polar surface area (TPSA) is 192 Å². The van der Waals surface area contributed by atoms with Gasteiger partial charge in [-0.25, -0.2) is 4.57 Å². The summed E-state index contributed by atoms with van der Waals surface area (Å²) in [5.74, 6) is -0.533. The third-order valence-electron chi connectivity index (χ3n) is 10.9. The van der Waals surface area contributed by atoms with E-state index in [0.29, 0.717) is 19.4 Å². The van der Waals surface area contributed by atoms with Crippen molar-refractivity contribution in [1.82, 2.24) is 0 Å². The van der Waals surface area contributed by atoms with Crippen LogP contribution >= 0.6 is 7.82 Å². The van der Waals surface area contributed by atoms with E-state index >= 15 is 0 Å². The second-order valence-electron chi connectivity index (χ2n) is 16.6. The number of aliphatic hydroxyl groups excluding tert-OH is 5. The first-order valence-corrected chi connectivity index (χ1v) is 25.6. The second kappa shape index (κ2) is 39.4. The number of aliphatic hydroxyl groups is 5. The highest BCUT2D eigenvalue weighted by molar-refractivity contribution is 7.47. The van der Waals surface area contributed by atoms with Gasteiger partial charge >= 0.3 is 13.8 Å². The van der Waals surface area contributed by atoms with Crippen LogP contribution in [0.25, 0.3) is 0 Å². The third-order valence-corrected chi connectivity index (χ3v) is 11.9. The first-order valence-electron chi connectivity index (χ1n) is 24.1. The van der Waals surface area contributed by atoms with E-state index in [-0.39, 0.29) is 13.0 Å². The van der Waals surface area contributed by atoms with Gasteiger partial charge in [-0.05, 0) is 51.4 Å². The van der Waals surface area contributed by atoms with E-state index in [1.165, 1.54) is 96.3 Å². The maximum Gasteiger partial charge on any atom is 0.472 e. The van der Waals surface area contributed by atoms with Crippen LogP contribution in [0.3, 0.4) is 0 Å². The minimum Gasteiger partial charge on any atom is -0.457 e. The number of allylic oxidation sites excluding steroid dienone is 10. The van der Waals surface area contributed by atoms with Crippen molar-refractivity contribution in [2.45, 2.75) is 224 Å². The number of unbranched alkanes of at least 4 members (excludes halogenated alkanes) is 18. The molecule has 0 spiro atoms. The molecular weight excluding hydrogens is 812 g/mol. The van der Waals surface area contributed by atoms with E-state index in [1.54, 1.807) is 0 Å². The molecule has 1 fully saturated rings. The zero-order valence-electron chi connectivity index (χ0n) is 38.4. The molecule has 62 heavy (non-hydrogen) atoms. The van der Waals surface area contributed by atoms with Gasteiger partial charge in [-0.2, -0.15) is 0 Å². The van der Waals surface area contributed by atoms with Gasteiger partial charge in [0.15, 0.2) is 0 Å². The molecule has 0 aromatic carbocycles. The summed E-state index contributed by atoms with van der Waals surface area (Å²) in [6.45, 7) is 4.10. The van der Waals surface area contributed by atoms with Gasteiger partial charge in [0.2, 0.25) is 0 Å². The smallest absolute Gasteiger partial charge is 0.457 e. The summed E-state index contributed by atoms with van der Waals surface area (Å²) in [5.41, 5.74) is 0. The molecule has 12 nitrogen and oxygen atoms in total. The summed E-state index contributed by atoms with van der Waals surface area (Å²) in [7, 11) is -5.04. The van der Waals surface area contributed by atoms with Gasteiger partial charge in [0, 0.05) is 13.0 Å². The maximum absolute atomic E-state index is 12.8. The van der Waals surface area contributed by atoms with Crippen LogP contribution in [0.2, 0.25) is 0 Å². The lowest BCUT2D eigenvalue weighted by Gasteiger charge is -2.41. The average Bonchev–Trinajstić information content (AvgIpc) is 3.26. The maximum atomic E-state index is 12.8. The van der Waals surface area contributed by atoms with E-state index in [1.807, 2.05) is 12.2 Å². The van der Waals surface area contributed by atoms with E-state index in [4.69, 9.17) is 18.5 Å². The summed E-state index contributed by atoms with van der Waals surface area (Å²) in [6.07, 6.45) is 37.2. The Kier molecular flexibility index (Phi) is 36.9. The highest BCUT2D eigenvalue weighted by Gasteiger charge is 2.51. The van der Waals surface area contributed by atoms with Gasteiger partial charge in [0.25, 0.3) is 0 Å². The van der Waals surface area contributed by atoms with Gasteiger partial charge in [-0.3, -0.25) is 13.8 Å². The van der Waals surface area contributed by atoms with Crippen LogP contribution in [0, 0.1) is 0 Å². The molecule has 8 atom stereocenters. The van der Waals surface area contributed by atoms with Crippen LogP contribution in [-0.4, -0.2) is 98.9 Å². The summed E-state index contributed by atoms with van der Waals surface area (Å²) in [6, 6.07) is 0. The van der Waals surface area contributed by atoms with Gasteiger partial charge < -0.3 is 39.9 Å². The van der Waals surface area contributed by atoms with Crippen LogP contribution in [0.15, 0.2) is 60.8 Å². The molecule has 0 radical (unpaired) electrons. The average molecular weight is 899 g/mol. The Labute approximate surface area is 375 Å². The van der Waals surface area contributed by atoms with Gasteiger partial charge in [-0.1, -0.05) is 184 Å². The van der Waals surface area contributed by atoms with Crippen LogP contribution in [0.1, 0.15) is 181 Å². The Hall–Kier alpha value is -1.96. The Morgan fingerprint density at radius 2 is 0.935 bits per heavy atom. The summed E-state index contributed by atoms with van der Waals surface area (Å²) >= 11 is 0. The van der Waals surface area contributed by atoms with E-state index in [0.717, 1.165) is 51.4 Å². The summed E-state index contributed by atoms with van der Waals surface area (Å²) < 4.78 is 34.2. The number of esters is 1. The van der Waals surface area contributed by atoms with Crippen molar-refractivity contribution in [3.8, 4) is 0 Å². The molecule has 6 unspecified atom stereocenters. The minimum absolute atomic E-state index is 0.0994. The first-order chi connectivity index (χ1) is 30.0. The molecule has 1 aliphatic carbocycles. The first kappa shape index (κ1) is 58.1. The molecule has 0 bridgehead atoms. The van der Waals surface area contributed by atoms with Crippen molar-refractivity contribution in [1.29, 1.82) is 0 Å². The predicted octanol–water partition coefficient (Wildman–Crippen LogP) is 10.2. The predicted molar refractivity (Wildman–Crippen MR) is 248 cm³/mol. The fourth-order valence-electron chi connectivity index (χ4n) is 7.10. The number of hydrogen-bond acceptors (Lipinski definition) is 11. The molecule has 0 aliphatic heterocycles. The quantitative estimate of drug-likeness (QED) is 0.0148. The lowest BCUT2D eigenvalue weighted by molar-refractivity contribution is -0.220. The lowest BCUT2D eigenvalue weighted by atomic mass is 9.85. The number of ether oxygens (including phenoxy) is 2. The van der Waals surface area contributed by atoms with Crippen LogP contribution in [-0.2, 0) is 27.9 Å². The fourth-order valence-corrected chi connectivity index (χ4v) is 8.07. The van der Waals surface area contributed by atoms with Crippen molar-refractivity contribution in [2.24, 2.45) is 0 Å². The molecule has 1 aliphatic rings. The minimum atomic E-state index is -5.04. The van der Waals surface area contributed by atoms with Crippen molar-refractivity contribution in [3.63, 3.8) is 0 Å². The SMILES string of the molecule is CC/C=C\C/C=C\C/C=C\C/C=C\C/C=C\CCCC(=O)O[C@H](COCCCCCCCCCCCCCCCCCCCC)COP(=O)(O)OC1C(O)C(O)C(O)[C@@H](O)C1O. The molecule has 360 valence electrons. The zero-order valence-corrected chi connectivity index (χ0v) is 39.3. The molecule has 0 aromatic rings. The molecule has 0 amide bonds. The Morgan fingerprint density at radius 1 is 0.532 bits per heavy atom. The van der Waals surface area contributed by atoms with E-state index in [2.05, 4.69) is 62.5 Å². The van der Waals surface area contributed by atoms with Crippen molar-refractivity contribution in [2.75, 3.05) is 19.8 Å². The molecule has 13 heteroatoms. The summed E-state index contributed by atoms with van der Waals surface area (Å²) in [4.78, 5) is 23.2. The zero-order chi connectivity index (χ0) is 45.5. The van der Waals surface area contributed by atoms with Crippen molar-refractivity contribution >= 4 is 13.8 Å². The van der Waals surface area contributed by atoms with Crippen LogP contribution in [0.4, 0.5) is 0 Å². The Morgan fingerprint density at radius 3 is 1.39 bits per heavy atom. The molecule has 0 saturated heterocycles. The number of rotatable bonds is 40. The normalized spacial score (nSPS) is 22.5. The Balaban J connectivity index is 2.41. The number of phosphoric acid groups is 1. The molecule has 0 aromatic heterocycles. The van der Waals surface area contributed by atoms with Gasteiger partial charge in [-0.15, -0.1) is 0 Å². The monoisotopic (exact) mass is 899 g/mol. The number of carbonyl (C=O) groups is 1. The molecule has 1 rings (SSSR count). The van der Waals surface area contributed by atoms with Crippen LogP contribution in [0.5, 0.6) is 0 Å². The third kappa shape index (κ3) is 31.0. The van der Waals surface area contributed by atoms with Crippen LogP contribution < -0.4 is 0 Å². The fraction of sp³-hybridized carbons (Fsp3) is 0.776. The number of hydrogen-bond donors (Lipinski definition) is 6. The molecule has 6 N–H and O–H groups in total. The summed E-state index contributed by atoms with van der Waals surface area (Å²) in [5, 5.41) is 50.2. The number of carbonyl (C=O) groups excluding carboxylic acids is 1. The van der Waals surface area contributed by atoms with E-state index < -0.39 is 63.1 Å². The van der Waals surface area contributed by atoms with E-state index in [9.17, 15) is 39.8 Å². The number of phosphoric ester groups is 1. The Bertz CT molecular complexity index is 1250. The standard InChI is InChI=1S/C49H87O12P/c1-3-5-7-9-11-13-15-17-19-21-23-25-27-29-31-33-35-37-39-58-40-42(41-59-62(56,57)61-49-47(54)45(52)44(51)46(53)48(49)55)60-43(50)38-36-34-32-30-28-26-24-22-20-18-16-14-12-10-8-6-4-2/h6,8,12,14,18,20,24,26,30,32,42,44-49,51-55H,3-5,7,9-11,13,15-17,19,21-23,25,27-29,31,33-41H2,1-2H3,(H,56,57)/b8-6-,14-12-,20-18-,26-24-,32-30-/t42-,44?,45-,46?,47?,48?,49?/m1/s1. The van der Waals surface area contributed by atoms with Gasteiger partial charge in [0.1, 0.15) is 42.7 Å². The second-order valence-corrected chi connectivity index (χ2v) is 18.0. The highest BCUT2D eigenvalue weighted by atomic mass is 31.2. The molecule has 1 saturated carbocycles. The largest absolute Gasteiger partial charge is 0.472 e. The van der Waals surface area contributed by atoms with Crippen molar-refractivity contribution < 1.29 is 58.3 Å². The molecule has 0 heterocycles. The van der Waals surface area contributed by atoms with Crippen molar-refractivity contribution in [3.05, 3.63) is 60.8 Å². The van der Waals surface area contributed by atoms with Gasteiger partial charge in [0.05, 0.1) is 13.2 Å². The molecular formula is C49H87O12P. The lowest BCUT2D eigenvalue weighted by Crippen LogP contribution is -2.64. The highest BCUT2D eigenvalue weighted by Crippen LogP contribution is 2.47.